The summed E-state index contributed by atoms with van der Waals surface area (Å²) in [6, 6.07) is 18.8. The number of benzene rings is 2. The number of nitrogens with one attached hydrogen (secondary N) is 1. The van der Waals surface area contributed by atoms with Crippen LogP contribution in [0.15, 0.2) is 60.7 Å². The van der Waals surface area contributed by atoms with Gasteiger partial charge in [-0.1, -0.05) is 60.7 Å². The minimum absolute atomic E-state index is 0.348. The fourth-order valence-corrected chi connectivity index (χ4v) is 1.71. The van der Waals surface area contributed by atoms with E-state index in [-0.39, 0.29) is 0 Å². The Balaban J connectivity index is 2.04. The van der Waals surface area contributed by atoms with Gasteiger partial charge in [-0.25, -0.2) is 4.79 Å². The lowest BCUT2D eigenvalue weighted by Gasteiger charge is -2.18. The van der Waals surface area contributed by atoms with E-state index in [1.807, 2.05) is 60.7 Å². The highest BCUT2D eigenvalue weighted by Crippen LogP contribution is 2.16. The van der Waals surface area contributed by atoms with E-state index in [0.29, 0.717) is 6.61 Å². The largest absolute Gasteiger partial charge is 0.465 e. The summed E-state index contributed by atoms with van der Waals surface area (Å²) >= 11 is 0. The SMILES string of the molecule is O=C(O)NC(OCc1ccccc1)c1ccccc1. The van der Waals surface area contributed by atoms with Gasteiger partial charge in [-0.05, 0) is 5.56 Å². The van der Waals surface area contributed by atoms with Crippen LogP contribution in [0.5, 0.6) is 0 Å². The summed E-state index contributed by atoms with van der Waals surface area (Å²) in [5.41, 5.74) is 1.77. The maximum Gasteiger partial charge on any atom is 0.406 e. The lowest BCUT2D eigenvalue weighted by Crippen LogP contribution is -2.28. The third-order valence-corrected chi connectivity index (χ3v) is 2.62. The van der Waals surface area contributed by atoms with E-state index in [0.717, 1.165) is 11.1 Å². The number of amides is 1. The average molecular weight is 257 g/mol. The van der Waals surface area contributed by atoms with E-state index in [4.69, 9.17) is 9.84 Å². The lowest BCUT2D eigenvalue weighted by molar-refractivity contribution is 0.0184. The van der Waals surface area contributed by atoms with Gasteiger partial charge in [0.1, 0.15) is 0 Å². The summed E-state index contributed by atoms with van der Waals surface area (Å²) < 4.78 is 5.63. The molecule has 0 spiro atoms. The molecule has 2 N–H and O–H groups in total. The van der Waals surface area contributed by atoms with Gasteiger partial charge in [0.2, 0.25) is 0 Å². The molecule has 0 heterocycles. The molecular formula is C15H15NO3. The minimum atomic E-state index is -1.11. The molecule has 0 radical (unpaired) electrons. The topological polar surface area (TPSA) is 58.6 Å². The second-order valence-electron chi connectivity index (χ2n) is 4.04. The van der Waals surface area contributed by atoms with Crippen molar-refractivity contribution < 1.29 is 14.6 Å². The van der Waals surface area contributed by atoms with Crippen LogP contribution in [0.4, 0.5) is 4.79 Å². The summed E-state index contributed by atoms with van der Waals surface area (Å²) in [4.78, 5) is 10.8. The van der Waals surface area contributed by atoms with Crippen LogP contribution in [0.3, 0.4) is 0 Å². The van der Waals surface area contributed by atoms with Gasteiger partial charge < -0.3 is 9.84 Å². The average Bonchev–Trinajstić information content (AvgIpc) is 2.45. The van der Waals surface area contributed by atoms with Crippen LogP contribution in [0.1, 0.15) is 17.4 Å². The predicted octanol–water partition coefficient (Wildman–Crippen LogP) is 3.17. The van der Waals surface area contributed by atoms with E-state index in [1.165, 1.54) is 0 Å². The first kappa shape index (κ1) is 13.1. The van der Waals surface area contributed by atoms with Gasteiger partial charge >= 0.3 is 6.09 Å². The maximum atomic E-state index is 10.8. The summed E-state index contributed by atoms with van der Waals surface area (Å²) in [6.45, 7) is 0.348. The number of hydrogen-bond acceptors (Lipinski definition) is 2. The molecule has 1 unspecified atom stereocenters. The Morgan fingerprint density at radius 1 is 1.05 bits per heavy atom. The molecule has 0 aliphatic carbocycles. The van der Waals surface area contributed by atoms with Crippen molar-refractivity contribution in [1.82, 2.24) is 5.32 Å². The fourth-order valence-electron chi connectivity index (χ4n) is 1.71. The highest BCUT2D eigenvalue weighted by Gasteiger charge is 2.13. The summed E-state index contributed by atoms with van der Waals surface area (Å²) in [5, 5.41) is 11.2. The van der Waals surface area contributed by atoms with Crippen LogP contribution in [0.2, 0.25) is 0 Å². The van der Waals surface area contributed by atoms with Crippen molar-refractivity contribution in [1.29, 1.82) is 0 Å². The second-order valence-corrected chi connectivity index (χ2v) is 4.04. The predicted molar refractivity (Wildman–Crippen MR) is 71.6 cm³/mol. The van der Waals surface area contributed by atoms with Gasteiger partial charge in [0.15, 0.2) is 6.23 Å². The molecule has 2 rings (SSSR count). The van der Waals surface area contributed by atoms with Crippen molar-refractivity contribution in [3.63, 3.8) is 0 Å². The molecule has 0 saturated heterocycles. The Hall–Kier alpha value is -2.33. The van der Waals surface area contributed by atoms with E-state index in [2.05, 4.69) is 5.32 Å². The van der Waals surface area contributed by atoms with Gasteiger partial charge in [0.25, 0.3) is 0 Å². The third-order valence-electron chi connectivity index (χ3n) is 2.62. The Labute approximate surface area is 111 Å². The number of carbonyl (C=O) groups is 1. The van der Waals surface area contributed by atoms with Crippen LogP contribution in [-0.2, 0) is 11.3 Å². The number of rotatable bonds is 5. The Kier molecular flexibility index (Phi) is 4.53. The molecule has 0 saturated carbocycles. The van der Waals surface area contributed by atoms with Crippen molar-refractivity contribution in [3.8, 4) is 0 Å². The minimum Gasteiger partial charge on any atom is -0.465 e. The molecule has 98 valence electrons. The van der Waals surface area contributed by atoms with Gasteiger partial charge in [0.05, 0.1) is 6.61 Å². The van der Waals surface area contributed by atoms with Crippen molar-refractivity contribution in [2.24, 2.45) is 0 Å². The monoisotopic (exact) mass is 257 g/mol. The standard InChI is InChI=1S/C15H15NO3/c17-15(18)16-14(13-9-5-2-6-10-13)19-11-12-7-3-1-4-8-12/h1-10,14,16H,11H2,(H,17,18). The summed E-state index contributed by atoms with van der Waals surface area (Å²) in [5.74, 6) is 0. The van der Waals surface area contributed by atoms with Crippen LogP contribution in [0, 0.1) is 0 Å². The van der Waals surface area contributed by atoms with Crippen LogP contribution >= 0.6 is 0 Å². The Bertz CT molecular complexity index is 513. The van der Waals surface area contributed by atoms with Crippen molar-refractivity contribution in [3.05, 3.63) is 71.8 Å². The molecule has 2 aromatic carbocycles. The van der Waals surface area contributed by atoms with E-state index in [9.17, 15) is 4.79 Å². The number of hydrogen-bond donors (Lipinski definition) is 2. The highest BCUT2D eigenvalue weighted by atomic mass is 16.5. The molecule has 1 atom stereocenters. The van der Waals surface area contributed by atoms with Crippen LogP contribution in [-0.4, -0.2) is 11.2 Å². The first-order chi connectivity index (χ1) is 9.25. The molecule has 1 amide bonds. The number of ether oxygens (including phenoxy) is 1. The number of carboxylic acid groups (broad SMARTS) is 1. The maximum absolute atomic E-state index is 10.8. The molecule has 0 fully saturated rings. The van der Waals surface area contributed by atoms with Gasteiger partial charge in [-0.15, -0.1) is 0 Å². The quantitative estimate of drug-likeness (QED) is 0.809. The molecule has 19 heavy (non-hydrogen) atoms. The zero-order chi connectivity index (χ0) is 13.5. The molecule has 4 heteroatoms. The highest BCUT2D eigenvalue weighted by molar-refractivity contribution is 5.64. The summed E-state index contributed by atoms with van der Waals surface area (Å²) in [6.07, 6.45) is -1.78. The van der Waals surface area contributed by atoms with Gasteiger partial charge in [-0.3, -0.25) is 5.32 Å². The Morgan fingerprint density at radius 2 is 1.63 bits per heavy atom. The Morgan fingerprint density at radius 3 is 2.21 bits per heavy atom. The normalized spacial score (nSPS) is 11.8. The van der Waals surface area contributed by atoms with E-state index < -0.39 is 12.3 Å². The second kappa shape index (κ2) is 6.56. The van der Waals surface area contributed by atoms with E-state index in [1.54, 1.807) is 0 Å². The van der Waals surface area contributed by atoms with Crippen LogP contribution < -0.4 is 5.32 Å². The molecular weight excluding hydrogens is 242 g/mol. The smallest absolute Gasteiger partial charge is 0.406 e. The van der Waals surface area contributed by atoms with E-state index >= 15 is 0 Å². The first-order valence-electron chi connectivity index (χ1n) is 5.95. The molecule has 2 aromatic rings. The van der Waals surface area contributed by atoms with Crippen molar-refractivity contribution in [2.45, 2.75) is 12.8 Å². The lowest BCUT2D eigenvalue weighted by atomic mass is 10.2. The van der Waals surface area contributed by atoms with Crippen molar-refractivity contribution >= 4 is 6.09 Å². The zero-order valence-electron chi connectivity index (χ0n) is 10.3. The van der Waals surface area contributed by atoms with Gasteiger partial charge in [0, 0.05) is 5.56 Å². The molecule has 0 aliphatic rings. The first-order valence-corrected chi connectivity index (χ1v) is 5.95. The fraction of sp³-hybridized carbons (Fsp3) is 0.133. The summed E-state index contributed by atoms with van der Waals surface area (Å²) in [7, 11) is 0. The molecule has 4 nitrogen and oxygen atoms in total. The zero-order valence-corrected chi connectivity index (χ0v) is 10.3. The molecule has 0 aliphatic heterocycles. The third kappa shape index (κ3) is 4.12. The van der Waals surface area contributed by atoms with Gasteiger partial charge in [-0.2, -0.15) is 0 Å². The molecule has 0 bridgehead atoms. The molecule has 0 aromatic heterocycles. The van der Waals surface area contributed by atoms with Crippen molar-refractivity contribution in [2.75, 3.05) is 0 Å². The van der Waals surface area contributed by atoms with Crippen LogP contribution in [0.25, 0.3) is 0 Å².